The smallest absolute Gasteiger partial charge is 0.228 e. The minimum Gasteiger partial charge on any atom is -0.397 e. The number of rotatable bonds is 8. The van der Waals surface area contributed by atoms with Gasteiger partial charge in [0.05, 0.1) is 77.3 Å². The van der Waals surface area contributed by atoms with Crippen molar-refractivity contribution in [3.8, 4) is 21.1 Å². The first kappa shape index (κ1) is 50.2. The van der Waals surface area contributed by atoms with Gasteiger partial charge in [-0.1, -0.05) is 59.1 Å². The molecule has 4 saturated heterocycles. The molecule has 4 N–H and O–H groups in total. The summed E-state index contributed by atoms with van der Waals surface area (Å²) in [6.45, 7) is 17.3. The SMILES string of the molecule is CC1(C)OCC(CN)O1.CC1(C)OCC(CNc2nc(N3CCOCC3)nc(Cl)c2-c2nc3ccccc3s2)O1.CCO.Clc1nc(N2CCOCC2)nc(Cl)c1-c1nc2ccccc2s1. The Balaban J connectivity index is 0.000000161. The molecule has 4 aliphatic rings. The Morgan fingerprint density at radius 3 is 1.52 bits per heavy atom. The molecular weight excluding hydrogens is 951 g/mol. The Morgan fingerprint density at radius 2 is 1.09 bits per heavy atom. The van der Waals surface area contributed by atoms with Gasteiger partial charge in [-0.05, 0) is 58.9 Å². The summed E-state index contributed by atoms with van der Waals surface area (Å²) in [6.07, 6.45) is 0.0128. The zero-order chi connectivity index (χ0) is 46.8. The maximum atomic E-state index is 7.57. The fraction of sp³-hybridized carbons (Fsp3) is 0.500. The molecule has 2 aromatic carbocycles. The number of benzene rings is 2. The number of fused-ring (bicyclic) bond motifs is 2. The third kappa shape index (κ3) is 13.1. The highest BCUT2D eigenvalue weighted by molar-refractivity contribution is 7.22. The summed E-state index contributed by atoms with van der Waals surface area (Å²) in [7, 11) is 0. The van der Waals surface area contributed by atoms with Gasteiger partial charge >= 0.3 is 0 Å². The molecule has 4 aliphatic heterocycles. The molecule has 0 aliphatic carbocycles. The van der Waals surface area contributed by atoms with Crippen molar-refractivity contribution >= 4 is 95.6 Å². The Labute approximate surface area is 406 Å². The Morgan fingerprint density at radius 1 is 0.667 bits per heavy atom. The number of aromatic nitrogens is 6. The maximum absolute atomic E-state index is 7.57. The highest BCUT2D eigenvalue weighted by Crippen LogP contribution is 2.40. The average Bonchev–Trinajstić information content (AvgIpc) is 4.10. The summed E-state index contributed by atoms with van der Waals surface area (Å²) in [4.78, 5) is 31.7. The molecule has 10 rings (SSSR count). The monoisotopic (exact) mass is 1000 g/mol. The lowest BCUT2D eigenvalue weighted by molar-refractivity contribution is -0.137. The van der Waals surface area contributed by atoms with Crippen molar-refractivity contribution in [2.75, 3.05) is 101 Å². The van der Waals surface area contributed by atoms with Gasteiger partial charge < -0.3 is 54.4 Å². The van der Waals surface area contributed by atoms with Gasteiger partial charge in [0, 0.05) is 45.9 Å². The van der Waals surface area contributed by atoms with E-state index in [2.05, 4.69) is 30.2 Å². The Hall–Kier alpha value is -3.67. The van der Waals surface area contributed by atoms with Crippen molar-refractivity contribution < 1.29 is 33.5 Å². The molecule has 66 heavy (non-hydrogen) atoms. The van der Waals surface area contributed by atoms with E-state index in [-0.39, 0.29) is 18.8 Å². The quantitative estimate of drug-likeness (QED) is 0.125. The van der Waals surface area contributed by atoms with E-state index in [1.165, 1.54) is 11.3 Å². The number of nitrogens with one attached hydrogen (secondary N) is 1. The number of para-hydroxylation sites is 2. The molecule has 0 saturated carbocycles. The number of aliphatic hydroxyl groups excluding tert-OH is 1. The molecule has 8 heterocycles. The number of hydrogen-bond acceptors (Lipinski definition) is 19. The van der Waals surface area contributed by atoms with Crippen molar-refractivity contribution in [1.82, 2.24) is 29.9 Å². The zero-order valence-electron chi connectivity index (χ0n) is 37.5. The molecule has 4 aromatic heterocycles. The summed E-state index contributed by atoms with van der Waals surface area (Å²) in [5, 5.41) is 13.5. The molecule has 356 valence electrons. The van der Waals surface area contributed by atoms with Crippen LogP contribution >= 0.6 is 57.5 Å². The summed E-state index contributed by atoms with van der Waals surface area (Å²) in [5.74, 6) is 0.778. The standard InChI is InChI=1S/C21H24ClN5O3S.C15H12Cl2N4OS.C6H13NO2.C2H6O/c1-21(2)29-12-13(30-21)11-23-18-16(19-24-14-5-3-4-6-15(14)31-19)17(22)25-20(26-18)27-7-9-28-10-8-27;16-12-11(14-18-9-3-1-2-4-10(9)23-14)13(17)20-15(19-12)21-5-7-22-8-6-21;1-6(2)8-4-5(3-7)9-6;1-2-3/h3-6,13H,7-12H2,1-2H3,(H,23,25,26);1-4H,5-8H2;5H,3-4,7H2,1-2H3;3H,2H2,1H3. The maximum Gasteiger partial charge on any atom is 0.228 e. The van der Waals surface area contributed by atoms with Crippen molar-refractivity contribution in [2.45, 2.75) is 58.4 Å². The van der Waals surface area contributed by atoms with E-state index >= 15 is 0 Å². The van der Waals surface area contributed by atoms with Crippen LogP contribution in [0.25, 0.3) is 41.6 Å². The fourth-order valence-electron chi connectivity index (χ4n) is 7.03. The van der Waals surface area contributed by atoms with E-state index in [4.69, 9.17) is 84.0 Å². The van der Waals surface area contributed by atoms with Crippen molar-refractivity contribution in [2.24, 2.45) is 5.73 Å². The van der Waals surface area contributed by atoms with Crippen LogP contribution in [0.3, 0.4) is 0 Å². The molecule has 2 atom stereocenters. The topological polar surface area (TPSA) is 197 Å². The molecule has 0 spiro atoms. The number of ether oxygens (including phenoxy) is 6. The highest BCUT2D eigenvalue weighted by Gasteiger charge is 2.34. The number of hydrogen-bond donors (Lipinski definition) is 3. The lowest BCUT2D eigenvalue weighted by atomic mass is 10.3. The lowest BCUT2D eigenvalue weighted by Crippen LogP contribution is -2.37. The second-order valence-corrected chi connectivity index (χ2v) is 19.2. The molecular formula is C44H55Cl3N10O7S2. The minimum atomic E-state index is -0.579. The molecule has 22 heteroatoms. The predicted molar refractivity (Wildman–Crippen MR) is 262 cm³/mol. The second kappa shape index (κ2) is 23.1. The number of nitrogens with two attached hydrogens (primary N) is 1. The van der Waals surface area contributed by atoms with Crippen LogP contribution in [-0.4, -0.2) is 144 Å². The van der Waals surface area contributed by atoms with Gasteiger partial charge in [-0.3, -0.25) is 0 Å². The molecule has 6 aromatic rings. The zero-order valence-corrected chi connectivity index (χ0v) is 41.4. The van der Waals surface area contributed by atoms with Crippen LogP contribution in [-0.2, 0) is 28.4 Å². The third-order valence-electron chi connectivity index (χ3n) is 10.2. The van der Waals surface area contributed by atoms with Gasteiger partial charge in [0.1, 0.15) is 37.4 Å². The Bertz CT molecular complexity index is 2440. The summed E-state index contributed by atoms with van der Waals surface area (Å²) < 4.78 is 35.2. The van der Waals surface area contributed by atoms with Crippen molar-refractivity contribution in [1.29, 1.82) is 0 Å². The van der Waals surface area contributed by atoms with E-state index in [9.17, 15) is 0 Å². The van der Waals surface area contributed by atoms with Crippen LogP contribution in [0.4, 0.5) is 17.7 Å². The number of nitrogens with zero attached hydrogens (tertiary/aromatic N) is 8. The van der Waals surface area contributed by atoms with Crippen LogP contribution in [0.2, 0.25) is 15.5 Å². The van der Waals surface area contributed by atoms with Crippen LogP contribution in [0, 0.1) is 0 Å². The van der Waals surface area contributed by atoms with Gasteiger partial charge in [0.15, 0.2) is 11.6 Å². The summed E-state index contributed by atoms with van der Waals surface area (Å²) in [6, 6.07) is 15.9. The first-order valence-corrected chi connectivity index (χ1v) is 24.4. The van der Waals surface area contributed by atoms with E-state index in [0.29, 0.717) is 97.0 Å². The van der Waals surface area contributed by atoms with E-state index < -0.39 is 11.6 Å². The lowest BCUT2D eigenvalue weighted by Gasteiger charge is -2.27. The van der Waals surface area contributed by atoms with Crippen LogP contribution in [0.1, 0.15) is 34.6 Å². The predicted octanol–water partition coefficient (Wildman–Crippen LogP) is 7.80. The van der Waals surface area contributed by atoms with Gasteiger partial charge in [-0.25, -0.2) is 24.9 Å². The van der Waals surface area contributed by atoms with E-state index in [1.54, 1.807) is 18.3 Å². The first-order valence-electron chi connectivity index (χ1n) is 21.6. The van der Waals surface area contributed by atoms with Gasteiger partial charge in [0.2, 0.25) is 11.9 Å². The molecule has 0 radical (unpaired) electrons. The number of thiazole rings is 2. The molecule has 2 unspecified atom stereocenters. The van der Waals surface area contributed by atoms with Crippen LogP contribution in [0.5, 0.6) is 0 Å². The van der Waals surface area contributed by atoms with Crippen molar-refractivity contribution in [3.05, 3.63) is 64.0 Å². The van der Waals surface area contributed by atoms with Crippen LogP contribution in [0.15, 0.2) is 48.5 Å². The first-order chi connectivity index (χ1) is 31.8. The molecule has 17 nitrogen and oxygen atoms in total. The van der Waals surface area contributed by atoms with E-state index in [0.717, 1.165) is 56.6 Å². The van der Waals surface area contributed by atoms with Crippen molar-refractivity contribution in [3.63, 3.8) is 0 Å². The minimum absolute atomic E-state index is 0.0844. The fourth-order valence-corrected chi connectivity index (χ4v) is 10.0. The molecule has 0 amide bonds. The normalized spacial score (nSPS) is 20.0. The van der Waals surface area contributed by atoms with Gasteiger partial charge in [-0.15, -0.1) is 22.7 Å². The second-order valence-electron chi connectivity index (χ2n) is 16.0. The number of morpholine rings is 2. The number of aliphatic hydroxyl groups is 1. The molecule has 4 fully saturated rings. The highest BCUT2D eigenvalue weighted by atomic mass is 35.5. The summed E-state index contributed by atoms with van der Waals surface area (Å²) in [5.41, 5.74) is 8.49. The number of anilines is 3. The average molecular weight is 1010 g/mol. The van der Waals surface area contributed by atoms with Gasteiger partial charge in [-0.2, -0.15) is 4.98 Å². The van der Waals surface area contributed by atoms with Crippen LogP contribution < -0.4 is 20.9 Å². The third-order valence-corrected chi connectivity index (χ3v) is 13.1. The Kier molecular flexibility index (Phi) is 17.6. The largest absolute Gasteiger partial charge is 0.397 e. The number of halogens is 3. The molecule has 0 bridgehead atoms. The summed E-state index contributed by atoms with van der Waals surface area (Å²) >= 11 is 22.6. The van der Waals surface area contributed by atoms with Gasteiger partial charge in [0.25, 0.3) is 0 Å². The van der Waals surface area contributed by atoms with E-state index in [1.807, 2.05) is 81.1 Å².